The number of esters is 2. The second-order valence-corrected chi connectivity index (χ2v) is 11.5. The predicted octanol–water partition coefficient (Wildman–Crippen LogP) is 1.38. The molecule has 0 saturated carbocycles. The number of hydrogen-bond acceptors (Lipinski definition) is 12. The maximum atomic E-state index is 13.9. The third kappa shape index (κ3) is 6.89. The lowest BCUT2D eigenvalue weighted by atomic mass is 9.99. The van der Waals surface area contributed by atoms with Crippen molar-refractivity contribution in [3.63, 3.8) is 0 Å². The molecule has 3 heterocycles. The number of aliphatic hydroxyl groups is 4. The summed E-state index contributed by atoms with van der Waals surface area (Å²) in [6, 6.07) is 22.2. The number of anilines is 1. The van der Waals surface area contributed by atoms with Crippen molar-refractivity contribution in [3.05, 3.63) is 78.4 Å². The van der Waals surface area contributed by atoms with Crippen molar-refractivity contribution in [2.75, 3.05) is 37.7 Å². The molecule has 2 aliphatic rings. The van der Waals surface area contributed by atoms with Gasteiger partial charge in [0.05, 0.1) is 36.0 Å². The minimum atomic E-state index is -1.77. The number of ether oxygens (including phenoxy) is 3. The standard InChI is InChI=1S/C34H35N3O10/c38-19-26-30(41)32(31(42)34(44)46-26)47-28(40)13-12-27(39)45-21-7-5-6-20(18-21)36-14-16-37(17-15-36)33(43)29-22-8-1-3-10-24(22)35-25-11-4-2-9-23(25)29/h1-11,18,26,30-32,34,38,41-42,44H,12-17,19H2. The Morgan fingerprint density at radius 3 is 2.11 bits per heavy atom. The highest BCUT2D eigenvalue weighted by atomic mass is 16.7. The van der Waals surface area contributed by atoms with Crippen LogP contribution in [0, 0.1) is 0 Å². The second kappa shape index (κ2) is 14.0. The van der Waals surface area contributed by atoms with E-state index >= 15 is 0 Å². The second-order valence-electron chi connectivity index (χ2n) is 11.5. The van der Waals surface area contributed by atoms with E-state index in [4.69, 9.17) is 19.2 Å². The number of carbonyl (C=O) groups is 3. The Hall–Kier alpha value is -4.66. The summed E-state index contributed by atoms with van der Waals surface area (Å²) in [4.78, 5) is 47.4. The Labute approximate surface area is 269 Å². The number of nitrogens with zero attached hydrogens (tertiary/aromatic N) is 3. The molecule has 0 aliphatic carbocycles. The van der Waals surface area contributed by atoms with Gasteiger partial charge < -0.3 is 44.4 Å². The Morgan fingerprint density at radius 2 is 1.45 bits per heavy atom. The number of piperazine rings is 1. The molecule has 13 heteroatoms. The lowest BCUT2D eigenvalue weighted by Gasteiger charge is -2.39. The zero-order chi connectivity index (χ0) is 33.1. The molecule has 3 aromatic carbocycles. The average molecular weight is 646 g/mol. The Balaban J connectivity index is 1.04. The molecule has 5 unspecified atom stereocenters. The largest absolute Gasteiger partial charge is 0.456 e. The van der Waals surface area contributed by atoms with E-state index < -0.39 is 55.7 Å². The van der Waals surface area contributed by atoms with Crippen molar-refractivity contribution in [3.8, 4) is 5.75 Å². The maximum Gasteiger partial charge on any atom is 0.311 e. The number of pyridine rings is 1. The fourth-order valence-electron chi connectivity index (χ4n) is 5.94. The van der Waals surface area contributed by atoms with Crippen LogP contribution in [0.1, 0.15) is 23.2 Å². The maximum absolute atomic E-state index is 13.9. The van der Waals surface area contributed by atoms with Crippen molar-refractivity contribution in [2.45, 2.75) is 43.5 Å². The van der Waals surface area contributed by atoms with E-state index in [0.29, 0.717) is 31.7 Å². The molecule has 2 fully saturated rings. The molecule has 47 heavy (non-hydrogen) atoms. The van der Waals surface area contributed by atoms with Crippen molar-refractivity contribution in [1.29, 1.82) is 0 Å². The van der Waals surface area contributed by atoms with Gasteiger partial charge in [0.2, 0.25) is 0 Å². The first-order valence-electron chi connectivity index (χ1n) is 15.4. The van der Waals surface area contributed by atoms with Crippen molar-refractivity contribution in [2.24, 2.45) is 0 Å². The van der Waals surface area contributed by atoms with Crippen LogP contribution in [0.2, 0.25) is 0 Å². The highest BCUT2D eigenvalue weighted by Gasteiger charge is 2.46. The lowest BCUT2D eigenvalue weighted by Crippen LogP contribution is -2.59. The normalized spacial score (nSPS) is 23.1. The summed E-state index contributed by atoms with van der Waals surface area (Å²) < 4.78 is 15.4. The van der Waals surface area contributed by atoms with Crippen LogP contribution in [0.25, 0.3) is 21.8 Å². The molecule has 0 bridgehead atoms. The van der Waals surface area contributed by atoms with Gasteiger partial charge in [-0.05, 0) is 24.3 Å². The highest BCUT2D eigenvalue weighted by Crippen LogP contribution is 2.29. The van der Waals surface area contributed by atoms with E-state index in [2.05, 4.69) is 4.90 Å². The van der Waals surface area contributed by atoms with Crippen LogP contribution < -0.4 is 9.64 Å². The number of fused-ring (bicyclic) bond motifs is 2. The molecular formula is C34H35N3O10. The summed E-state index contributed by atoms with van der Waals surface area (Å²) >= 11 is 0. The topological polar surface area (TPSA) is 179 Å². The molecule has 1 aromatic heterocycles. The number of para-hydroxylation sites is 2. The van der Waals surface area contributed by atoms with E-state index in [9.17, 15) is 34.8 Å². The molecule has 2 saturated heterocycles. The zero-order valence-corrected chi connectivity index (χ0v) is 25.3. The third-order valence-corrected chi connectivity index (χ3v) is 8.42. The summed E-state index contributed by atoms with van der Waals surface area (Å²) in [6.07, 6.45) is -8.63. The van der Waals surface area contributed by atoms with Crippen LogP contribution in [-0.2, 0) is 19.1 Å². The van der Waals surface area contributed by atoms with Gasteiger partial charge in [0.1, 0.15) is 24.1 Å². The number of hydrogen-bond donors (Lipinski definition) is 4. The molecule has 0 spiro atoms. The van der Waals surface area contributed by atoms with E-state index in [0.717, 1.165) is 27.5 Å². The Morgan fingerprint density at radius 1 is 0.809 bits per heavy atom. The van der Waals surface area contributed by atoms with Gasteiger partial charge in [-0.15, -0.1) is 0 Å². The SMILES string of the molecule is O=C(CCC(=O)OC1C(O)C(O)OC(CO)C1O)Oc1cccc(N2CCN(C(=O)c3c4ccccc4nc4ccccc34)CC2)c1. The minimum Gasteiger partial charge on any atom is -0.456 e. The first-order chi connectivity index (χ1) is 22.7. The van der Waals surface area contributed by atoms with Gasteiger partial charge >= 0.3 is 11.9 Å². The Kier molecular flexibility index (Phi) is 9.61. The van der Waals surface area contributed by atoms with Crippen LogP contribution >= 0.6 is 0 Å². The Bertz CT molecular complexity index is 1720. The van der Waals surface area contributed by atoms with E-state index in [-0.39, 0.29) is 18.1 Å². The molecule has 6 rings (SSSR count). The quantitative estimate of drug-likeness (QED) is 0.123. The lowest BCUT2D eigenvalue weighted by molar-refractivity contribution is -0.289. The number of carbonyl (C=O) groups excluding carboxylic acids is 3. The van der Waals surface area contributed by atoms with E-state index in [1.165, 1.54) is 0 Å². The molecule has 13 nitrogen and oxygen atoms in total. The smallest absolute Gasteiger partial charge is 0.311 e. The molecule has 4 aromatic rings. The monoisotopic (exact) mass is 645 g/mol. The summed E-state index contributed by atoms with van der Waals surface area (Å²) in [5.74, 6) is -1.39. The minimum absolute atomic E-state index is 0.0501. The fraction of sp³-hybridized carbons (Fsp3) is 0.353. The zero-order valence-electron chi connectivity index (χ0n) is 25.3. The first kappa shape index (κ1) is 32.3. The highest BCUT2D eigenvalue weighted by molar-refractivity contribution is 6.16. The summed E-state index contributed by atoms with van der Waals surface area (Å²) in [5.41, 5.74) is 2.99. The van der Waals surface area contributed by atoms with Gasteiger partial charge in [-0.25, -0.2) is 4.98 Å². The van der Waals surface area contributed by atoms with Crippen LogP contribution in [0.5, 0.6) is 5.75 Å². The summed E-state index contributed by atoms with van der Waals surface area (Å²) in [7, 11) is 0. The molecule has 5 atom stereocenters. The molecule has 246 valence electrons. The predicted molar refractivity (Wildman–Crippen MR) is 169 cm³/mol. The molecular weight excluding hydrogens is 610 g/mol. The number of rotatable bonds is 8. The van der Waals surface area contributed by atoms with Gasteiger partial charge in [-0.1, -0.05) is 42.5 Å². The number of amides is 1. The van der Waals surface area contributed by atoms with Gasteiger partial charge in [0.25, 0.3) is 5.91 Å². The fourth-order valence-corrected chi connectivity index (χ4v) is 5.94. The van der Waals surface area contributed by atoms with Gasteiger partial charge in [0.15, 0.2) is 12.4 Å². The van der Waals surface area contributed by atoms with Crippen LogP contribution in [0.3, 0.4) is 0 Å². The van der Waals surface area contributed by atoms with E-state index in [1.54, 1.807) is 18.2 Å². The summed E-state index contributed by atoms with van der Waals surface area (Å²) in [6.45, 7) is 1.43. The summed E-state index contributed by atoms with van der Waals surface area (Å²) in [5, 5.41) is 40.9. The van der Waals surface area contributed by atoms with Crippen LogP contribution in [0.15, 0.2) is 72.8 Å². The number of aromatic nitrogens is 1. The molecule has 4 N–H and O–H groups in total. The van der Waals surface area contributed by atoms with Crippen molar-refractivity contribution < 1.29 is 49.0 Å². The number of aliphatic hydroxyl groups excluding tert-OH is 4. The third-order valence-electron chi connectivity index (χ3n) is 8.42. The first-order valence-corrected chi connectivity index (χ1v) is 15.4. The van der Waals surface area contributed by atoms with Gasteiger partial charge in [-0.3, -0.25) is 14.4 Å². The van der Waals surface area contributed by atoms with Gasteiger partial charge in [0, 0.05) is 48.7 Å². The van der Waals surface area contributed by atoms with Crippen molar-refractivity contribution in [1.82, 2.24) is 9.88 Å². The van der Waals surface area contributed by atoms with Crippen LogP contribution in [0.4, 0.5) is 5.69 Å². The van der Waals surface area contributed by atoms with Crippen LogP contribution in [-0.4, -0.2) is 112 Å². The molecule has 2 aliphatic heterocycles. The van der Waals surface area contributed by atoms with E-state index in [1.807, 2.05) is 59.5 Å². The number of benzene rings is 3. The molecule has 0 radical (unpaired) electrons. The molecule has 1 amide bonds. The average Bonchev–Trinajstić information content (AvgIpc) is 3.09. The van der Waals surface area contributed by atoms with Gasteiger partial charge in [-0.2, -0.15) is 0 Å². The van der Waals surface area contributed by atoms with Crippen molar-refractivity contribution >= 4 is 45.3 Å².